The molecule has 1 aromatic heterocycles. The topological polar surface area (TPSA) is 62.7 Å². The molecule has 1 aliphatic heterocycles. The van der Waals surface area contributed by atoms with Crippen molar-refractivity contribution in [3.05, 3.63) is 35.9 Å². The van der Waals surface area contributed by atoms with Crippen molar-refractivity contribution in [1.82, 2.24) is 4.98 Å². The largest absolute Gasteiger partial charge is 0.478 e. The lowest BCUT2D eigenvalue weighted by atomic mass is 10.1. The van der Waals surface area contributed by atoms with Gasteiger partial charge in [-0.05, 0) is 30.7 Å². The average molecular weight is 272 g/mol. The number of hydrogen-bond acceptors (Lipinski definition) is 4. The molecule has 5 heteroatoms. The molecule has 5 nitrogen and oxygen atoms in total. The van der Waals surface area contributed by atoms with Crippen molar-refractivity contribution in [2.45, 2.75) is 12.5 Å². The third kappa shape index (κ3) is 2.20. The SMILES string of the molecule is COC1CCN(c2ccc3c(C(=O)O)cccc3n2)C1. The fourth-order valence-electron chi connectivity index (χ4n) is 2.64. The Kier molecular flexibility index (Phi) is 3.28. The molecular weight excluding hydrogens is 256 g/mol. The molecule has 0 spiro atoms. The summed E-state index contributed by atoms with van der Waals surface area (Å²) in [4.78, 5) is 17.9. The van der Waals surface area contributed by atoms with E-state index >= 15 is 0 Å². The van der Waals surface area contributed by atoms with Crippen LogP contribution in [0.4, 0.5) is 5.82 Å². The molecule has 2 heterocycles. The van der Waals surface area contributed by atoms with E-state index in [1.807, 2.05) is 18.2 Å². The minimum Gasteiger partial charge on any atom is -0.478 e. The molecule has 1 unspecified atom stereocenters. The molecule has 0 amide bonds. The summed E-state index contributed by atoms with van der Waals surface area (Å²) in [7, 11) is 1.72. The summed E-state index contributed by atoms with van der Waals surface area (Å²) in [6.07, 6.45) is 1.24. The van der Waals surface area contributed by atoms with Crippen molar-refractivity contribution in [2.75, 3.05) is 25.1 Å². The summed E-state index contributed by atoms with van der Waals surface area (Å²) in [6, 6.07) is 8.89. The lowest BCUT2D eigenvalue weighted by molar-refractivity contribution is 0.0699. The molecule has 20 heavy (non-hydrogen) atoms. The van der Waals surface area contributed by atoms with Crippen LogP contribution in [0.5, 0.6) is 0 Å². The molecule has 1 aromatic carbocycles. The molecule has 1 fully saturated rings. The number of aromatic carboxylic acids is 1. The zero-order chi connectivity index (χ0) is 14.1. The number of anilines is 1. The van der Waals surface area contributed by atoms with Crippen molar-refractivity contribution < 1.29 is 14.6 Å². The summed E-state index contributed by atoms with van der Waals surface area (Å²) >= 11 is 0. The fourth-order valence-corrected chi connectivity index (χ4v) is 2.64. The van der Waals surface area contributed by atoms with Gasteiger partial charge in [-0.1, -0.05) is 6.07 Å². The van der Waals surface area contributed by atoms with Gasteiger partial charge in [0.2, 0.25) is 0 Å². The number of fused-ring (bicyclic) bond motifs is 1. The number of aromatic nitrogens is 1. The van der Waals surface area contributed by atoms with Gasteiger partial charge in [-0.25, -0.2) is 9.78 Å². The highest BCUT2D eigenvalue weighted by Gasteiger charge is 2.23. The van der Waals surface area contributed by atoms with Gasteiger partial charge in [0.15, 0.2) is 0 Å². The van der Waals surface area contributed by atoms with E-state index in [0.29, 0.717) is 10.9 Å². The molecule has 0 aliphatic carbocycles. The van der Waals surface area contributed by atoms with Crippen molar-refractivity contribution in [1.29, 1.82) is 0 Å². The maximum Gasteiger partial charge on any atom is 0.336 e. The summed E-state index contributed by atoms with van der Waals surface area (Å²) in [5.41, 5.74) is 1.00. The van der Waals surface area contributed by atoms with Crippen molar-refractivity contribution in [3.8, 4) is 0 Å². The number of ether oxygens (including phenoxy) is 1. The van der Waals surface area contributed by atoms with Crippen molar-refractivity contribution in [2.24, 2.45) is 0 Å². The molecule has 0 saturated carbocycles. The molecule has 3 rings (SSSR count). The summed E-state index contributed by atoms with van der Waals surface area (Å²) in [6.45, 7) is 1.74. The predicted octanol–water partition coefficient (Wildman–Crippen LogP) is 2.16. The highest BCUT2D eigenvalue weighted by atomic mass is 16.5. The Morgan fingerprint density at radius 1 is 1.40 bits per heavy atom. The Hall–Kier alpha value is -2.14. The van der Waals surface area contributed by atoms with E-state index in [1.54, 1.807) is 19.2 Å². The maximum absolute atomic E-state index is 11.2. The first-order chi connectivity index (χ1) is 9.69. The maximum atomic E-state index is 11.2. The van der Waals surface area contributed by atoms with E-state index in [1.165, 1.54) is 0 Å². The molecular formula is C15H16N2O3. The molecule has 2 aromatic rings. The fraction of sp³-hybridized carbons (Fsp3) is 0.333. The zero-order valence-electron chi connectivity index (χ0n) is 11.2. The standard InChI is InChI=1S/C15H16N2O3/c1-20-10-7-8-17(9-10)14-6-5-11-12(15(18)19)3-2-4-13(11)16-14/h2-6,10H,7-9H2,1H3,(H,18,19). The monoisotopic (exact) mass is 272 g/mol. The Morgan fingerprint density at radius 3 is 2.95 bits per heavy atom. The molecule has 104 valence electrons. The van der Waals surface area contributed by atoms with Gasteiger partial charge >= 0.3 is 5.97 Å². The van der Waals surface area contributed by atoms with Crippen LogP contribution in [0.1, 0.15) is 16.8 Å². The van der Waals surface area contributed by atoms with Crippen LogP contribution in [0.2, 0.25) is 0 Å². The lowest BCUT2D eigenvalue weighted by Gasteiger charge is -2.17. The first kappa shape index (κ1) is 12.9. The van der Waals surface area contributed by atoms with Crippen LogP contribution in [0, 0.1) is 0 Å². The average Bonchev–Trinajstić information content (AvgIpc) is 2.94. The Bertz CT molecular complexity index is 657. The third-order valence-corrected chi connectivity index (χ3v) is 3.75. The number of carboxylic acid groups (broad SMARTS) is 1. The van der Waals surface area contributed by atoms with E-state index in [4.69, 9.17) is 4.74 Å². The number of hydrogen-bond donors (Lipinski definition) is 1. The van der Waals surface area contributed by atoms with Gasteiger partial charge in [0, 0.05) is 25.6 Å². The van der Waals surface area contributed by atoms with Crippen LogP contribution in [0.3, 0.4) is 0 Å². The molecule has 1 saturated heterocycles. The highest BCUT2D eigenvalue weighted by Crippen LogP contribution is 2.24. The highest BCUT2D eigenvalue weighted by molar-refractivity contribution is 6.02. The number of carboxylic acids is 1. The molecule has 1 N–H and O–H groups in total. The smallest absolute Gasteiger partial charge is 0.336 e. The van der Waals surface area contributed by atoms with E-state index in [0.717, 1.165) is 25.3 Å². The zero-order valence-corrected chi connectivity index (χ0v) is 11.2. The van der Waals surface area contributed by atoms with Gasteiger partial charge < -0.3 is 14.7 Å². The van der Waals surface area contributed by atoms with Crippen LogP contribution >= 0.6 is 0 Å². The number of benzene rings is 1. The Balaban J connectivity index is 1.98. The molecule has 0 bridgehead atoms. The predicted molar refractivity (Wildman–Crippen MR) is 76.3 cm³/mol. The number of nitrogens with zero attached hydrogens (tertiary/aromatic N) is 2. The Morgan fingerprint density at radius 2 is 2.25 bits per heavy atom. The second-order valence-corrected chi connectivity index (χ2v) is 4.94. The van der Waals surface area contributed by atoms with Gasteiger partial charge in [0.25, 0.3) is 0 Å². The van der Waals surface area contributed by atoms with Crippen molar-refractivity contribution in [3.63, 3.8) is 0 Å². The normalized spacial score (nSPS) is 18.6. The Labute approximate surface area is 116 Å². The van der Waals surface area contributed by atoms with E-state index in [2.05, 4.69) is 9.88 Å². The van der Waals surface area contributed by atoms with Gasteiger partial charge in [-0.3, -0.25) is 0 Å². The minimum atomic E-state index is -0.925. The molecule has 0 radical (unpaired) electrons. The van der Waals surface area contributed by atoms with Gasteiger partial charge in [-0.15, -0.1) is 0 Å². The quantitative estimate of drug-likeness (QED) is 0.927. The number of rotatable bonds is 3. The molecule has 1 aliphatic rings. The van der Waals surface area contributed by atoms with E-state index in [-0.39, 0.29) is 11.7 Å². The van der Waals surface area contributed by atoms with E-state index < -0.39 is 5.97 Å². The summed E-state index contributed by atoms with van der Waals surface area (Å²) in [5, 5.41) is 9.85. The summed E-state index contributed by atoms with van der Waals surface area (Å²) < 4.78 is 5.35. The second-order valence-electron chi connectivity index (χ2n) is 4.94. The number of methoxy groups -OCH3 is 1. The van der Waals surface area contributed by atoms with Gasteiger partial charge in [0.05, 0.1) is 17.2 Å². The first-order valence-electron chi connectivity index (χ1n) is 6.60. The van der Waals surface area contributed by atoms with Crippen LogP contribution < -0.4 is 4.90 Å². The van der Waals surface area contributed by atoms with E-state index in [9.17, 15) is 9.90 Å². The van der Waals surface area contributed by atoms with Crippen LogP contribution in [0.25, 0.3) is 10.9 Å². The van der Waals surface area contributed by atoms with Gasteiger partial charge in [0.1, 0.15) is 5.82 Å². The minimum absolute atomic E-state index is 0.248. The second kappa shape index (κ2) is 5.09. The van der Waals surface area contributed by atoms with Crippen LogP contribution in [-0.2, 0) is 4.74 Å². The molecule has 1 atom stereocenters. The first-order valence-corrected chi connectivity index (χ1v) is 6.60. The number of carbonyl (C=O) groups is 1. The number of pyridine rings is 1. The lowest BCUT2D eigenvalue weighted by Crippen LogP contribution is -2.23. The van der Waals surface area contributed by atoms with Gasteiger partial charge in [-0.2, -0.15) is 0 Å². The van der Waals surface area contributed by atoms with Crippen LogP contribution in [-0.4, -0.2) is 42.4 Å². The third-order valence-electron chi connectivity index (χ3n) is 3.75. The van der Waals surface area contributed by atoms with Crippen LogP contribution in [0.15, 0.2) is 30.3 Å². The summed E-state index contributed by atoms with van der Waals surface area (Å²) in [5.74, 6) is -0.0506. The van der Waals surface area contributed by atoms with Crippen molar-refractivity contribution >= 4 is 22.7 Å².